The highest BCUT2D eigenvalue weighted by Gasteiger charge is 2.20. The molecule has 0 bridgehead atoms. The Bertz CT molecular complexity index is 638. The fraction of sp³-hybridized carbons (Fsp3) is 0.353. The van der Waals surface area contributed by atoms with Crippen LogP contribution in [0, 0.1) is 13.8 Å². The molecule has 2 rings (SSSR count). The fourth-order valence-corrected chi connectivity index (χ4v) is 2.95. The largest absolute Gasteiger partial charge is 0.348 e. The van der Waals surface area contributed by atoms with Crippen LogP contribution in [0.5, 0.6) is 0 Å². The highest BCUT2D eigenvalue weighted by molar-refractivity contribution is 7.14. The minimum atomic E-state index is -1.41. The second-order valence-electron chi connectivity index (χ2n) is 5.87. The Kier molecular flexibility index (Phi) is 4.47. The molecule has 0 aliphatic heterocycles. The van der Waals surface area contributed by atoms with E-state index in [4.69, 9.17) is 0 Å². The van der Waals surface area contributed by atoms with Crippen LogP contribution in [0.3, 0.4) is 0 Å². The van der Waals surface area contributed by atoms with Crippen molar-refractivity contribution in [2.75, 3.05) is 6.54 Å². The van der Waals surface area contributed by atoms with Gasteiger partial charge in [-0.15, -0.1) is 11.3 Å². The second-order valence-corrected chi connectivity index (χ2v) is 7.12. The van der Waals surface area contributed by atoms with Gasteiger partial charge in [-0.05, 0) is 39.3 Å². The zero-order valence-electron chi connectivity index (χ0n) is 12.8. The molecule has 4 heteroatoms. The molecule has 1 aromatic carbocycles. The monoisotopic (exact) mass is 305 g/mol. The van der Waals surface area contributed by atoms with Crippen LogP contribution in [0.1, 0.15) is 34.0 Å². The number of carbonyl (C=O) groups is 1. The van der Waals surface area contributed by atoms with Crippen LogP contribution in [0.25, 0.3) is 11.1 Å². The predicted molar refractivity (Wildman–Crippen MR) is 86.7 cm³/mol. The Labute approximate surface area is 129 Å². The summed E-state index contributed by atoms with van der Waals surface area (Å²) in [6, 6.07) is 10.1. The van der Waals surface area contributed by atoms with Gasteiger partial charge >= 0.3 is 0 Å². The van der Waals surface area contributed by atoms with Gasteiger partial charge in [0.05, 0.1) is 11.4 Å². The molecule has 1 N–H and O–H groups in total. The Morgan fingerprint density at radius 1 is 1.24 bits per heavy atom. The van der Waals surface area contributed by atoms with E-state index in [1.54, 1.807) is 0 Å². The Morgan fingerprint density at radius 3 is 2.43 bits per heavy atom. The first-order valence-electron chi connectivity index (χ1n) is 6.91. The van der Waals surface area contributed by atoms with Gasteiger partial charge in [0, 0.05) is 10.4 Å². The number of amides is 1. The third-order valence-corrected chi connectivity index (χ3v) is 4.14. The van der Waals surface area contributed by atoms with Gasteiger partial charge in [0.1, 0.15) is 5.67 Å². The number of carbonyl (C=O) groups excluding carboxylic acids is 1. The van der Waals surface area contributed by atoms with Crippen molar-refractivity contribution in [3.8, 4) is 11.1 Å². The van der Waals surface area contributed by atoms with Crippen LogP contribution in [0.15, 0.2) is 30.3 Å². The molecular formula is C17H20FNOS. The third-order valence-electron chi connectivity index (χ3n) is 3.09. The van der Waals surface area contributed by atoms with Crippen LogP contribution >= 0.6 is 11.3 Å². The Balaban J connectivity index is 2.28. The fourth-order valence-electron chi connectivity index (χ4n) is 2.00. The summed E-state index contributed by atoms with van der Waals surface area (Å²) in [5.41, 5.74) is 1.68. The first kappa shape index (κ1) is 15.7. The lowest BCUT2D eigenvalue weighted by Gasteiger charge is -2.14. The van der Waals surface area contributed by atoms with Crippen LogP contribution in [-0.4, -0.2) is 18.1 Å². The molecule has 112 valence electrons. The minimum absolute atomic E-state index is 0.0100. The van der Waals surface area contributed by atoms with E-state index in [2.05, 4.69) is 5.32 Å². The van der Waals surface area contributed by atoms with Crippen molar-refractivity contribution in [2.24, 2.45) is 0 Å². The van der Waals surface area contributed by atoms with E-state index in [9.17, 15) is 9.18 Å². The van der Waals surface area contributed by atoms with Gasteiger partial charge in [0.15, 0.2) is 0 Å². The highest BCUT2D eigenvalue weighted by Crippen LogP contribution is 2.31. The molecule has 1 amide bonds. The number of aryl methyl sites for hydroxylation is 2. The number of hydrogen-bond acceptors (Lipinski definition) is 2. The molecule has 0 aliphatic carbocycles. The summed E-state index contributed by atoms with van der Waals surface area (Å²) in [6.45, 7) is 6.91. The zero-order chi connectivity index (χ0) is 15.6. The number of benzene rings is 1. The van der Waals surface area contributed by atoms with Crippen LogP contribution in [0.4, 0.5) is 4.39 Å². The van der Waals surface area contributed by atoms with E-state index in [1.165, 1.54) is 30.7 Å². The lowest BCUT2D eigenvalue weighted by molar-refractivity contribution is 0.0925. The van der Waals surface area contributed by atoms with Crippen molar-refractivity contribution >= 4 is 17.2 Å². The predicted octanol–water partition coefficient (Wildman–Crippen LogP) is 4.51. The maximum atomic E-state index is 13.5. The van der Waals surface area contributed by atoms with Crippen molar-refractivity contribution in [2.45, 2.75) is 33.4 Å². The van der Waals surface area contributed by atoms with E-state index in [1.807, 2.05) is 44.2 Å². The maximum absolute atomic E-state index is 13.5. The van der Waals surface area contributed by atoms with Gasteiger partial charge in [-0.2, -0.15) is 0 Å². The molecule has 21 heavy (non-hydrogen) atoms. The summed E-state index contributed by atoms with van der Waals surface area (Å²) in [5.74, 6) is -0.214. The SMILES string of the molecule is Cc1ccc(-c2cc(C)sc2C(=O)NCC(C)(C)F)cc1. The van der Waals surface area contributed by atoms with Crippen LogP contribution in [0.2, 0.25) is 0 Å². The summed E-state index contributed by atoms with van der Waals surface area (Å²) in [7, 11) is 0. The highest BCUT2D eigenvalue weighted by atomic mass is 32.1. The van der Waals surface area contributed by atoms with Gasteiger partial charge in [0.25, 0.3) is 5.91 Å². The minimum Gasteiger partial charge on any atom is -0.348 e. The topological polar surface area (TPSA) is 29.1 Å². The Morgan fingerprint density at radius 2 is 1.86 bits per heavy atom. The number of halogens is 1. The summed E-state index contributed by atoms with van der Waals surface area (Å²) in [6.07, 6.45) is 0. The summed E-state index contributed by atoms with van der Waals surface area (Å²) in [5, 5.41) is 2.67. The first-order chi connectivity index (χ1) is 9.76. The second kappa shape index (κ2) is 5.98. The molecule has 0 radical (unpaired) electrons. The van der Waals surface area contributed by atoms with Crippen molar-refractivity contribution in [1.29, 1.82) is 0 Å². The van der Waals surface area contributed by atoms with Crippen molar-refractivity contribution in [1.82, 2.24) is 5.32 Å². The molecule has 2 nitrogen and oxygen atoms in total. The molecule has 0 atom stereocenters. The molecule has 0 saturated heterocycles. The molecule has 1 heterocycles. The van der Waals surface area contributed by atoms with E-state index < -0.39 is 5.67 Å². The molecule has 1 aromatic heterocycles. The molecule has 0 saturated carbocycles. The molecule has 2 aromatic rings. The number of hydrogen-bond donors (Lipinski definition) is 1. The first-order valence-corrected chi connectivity index (χ1v) is 7.72. The molecule has 0 spiro atoms. The standard InChI is InChI=1S/C17H20FNOS/c1-11-5-7-13(8-6-11)14-9-12(2)21-15(14)16(20)19-10-17(3,4)18/h5-9H,10H2,1-4H3,(H,19,20). The normalized spacial score (nSPS) is 11.5. The smallest absolute Gasteiger partial charge is 0.262 e. The van der Waals surface area contributed by atoms with Gasteiger partial charge in [-0.1, -0.05) is 29.8 Å². The van der Waals surface area contributed by atoms with Crippen molar-refractivity contribution in [3.05, 3.63) is 45.6 Å². The molecular weight excluding hydrogens is 285 g/mol. The van der Waals surface area contributed by atoms with Gasteiger partial charge in [0.2, 0.25) is 0 Å². The number of thiophene rings is 1. The van der Waals surface area contributed by atoms with E-state index in [0.29, 0.717) is 4.88 Å². The van der Waals surface area contributed by atoms with Gasteiger partial charge in [-0.25, -0.2) is 4.39 Å². The number of rotatable bonds is 4. The molecule has 0 fully saturated rings. The Hall–Kier alpha value is -1.68. The van der Waals surface area contributed by atoms with Crippen molar-refractivity contribution < 1.29 is 9.18 Å². The average Bonchev–Trinajstić information content (AvgIpc) is 2.78. The average molecular weight is 305 g/mol. The maximum Gasteiger partial charge on any atom is 0.262 e. The molecule has 0 unspecified atom stereocenters. The van der Waals surface area contributed by atoms with Gasteiger partial charge < -0.3 is 5.32 Å². The van der Waals surface area contributed by atoms with Gasteiger partial charge in [-0.3, -0.25) is 4.79 Å². The van der Waals surface area contributed by atoms with Crippen LogP contribution in [-0.2, 0) is 0 Å². The van der Waals surface area contributed by atoms with E-state index in [-0.39, 0.29) is 12.5 Å². The zero-order valence-corrected chi connectivity index (χ0v) is 13.6. The number of alkyl halides is 1. The number of nitrogens with one attached hydrogen (secondary N) is 1. The molecule has 0 aliphatic rings. The lowest BCUT2D eigenvalue weighted by Crippen LogP contribution is -2.35. The summed E-state index contributed by atoms with van der Waals surface area (Å²) in [4.78, 5) is 14.0. The van der Waals surface area contributed by atoms with Crippen LogP contribution < -0.4 is 5.32 Å². The summed E-state index contributed by atoms with van der Waals surface area (Å²) < 4.78 is 13.5. The van der Waals surface area contributed by atoms with E-state index >= 15 is 0 Å². The quantitative estimate of drug-likeness (QED) is 0.884. The summed E-state index contributed by atoms with van der Waals surface area (Å²) >= 11 is 1.44. The van der Waals surface area contributed by atoms with Crippen molar-refractivity contribution in [3.63, 3.8) is 0 Å². The van der Waals surface area contributed by atoms with E-state index in [0.717, 1.165) is 16.0 Å². The third kappa shape index (κ3) is 4.14. The lowest BCUT2D eigenvalue weighted by atomic mass is 10.0.